The second-order valence-electron chi connectivity index (χ2n) is 5.06. The maximum atomic E-state index is 5.67. The number of imidazole rings is 1. The lowest BCUT2D eigenvalue weighted by atomic mass is 9.92. The monoisotopic (exact) mass is 193 g/mol. The van der Waals surface area contributed by atoms with Crippen molar-refractivity contribution in [1.29, 1.82) is 0 Å². The predicted octanol–water partition coefficient (Wildman–Crippen LogP) is 2.09. The molecule has 78 valence electrons. The fourth-order valence-corrected chi connectivity index (χ4v) is 2.46. The van der Waals surface area contributed by atoms with E-state index in [2.05, 4.69) is 23.4 Å². The molecule has 0 spiro atoms. The van der Waals surface area contributed by atoms with Gasteiger partial charge in [-0.25, -0.2) is 4.98 Å². The number of hydrogen-bond donors (Lipinski definition) is 1. The zero-order chi connectivity index (χ0) is 10.2. The molecule has 14 heavy (non-hydrogen) atoms. The minimum atomic E-state index is 0.487. The number of rotatable bonds is 2. The van der Waals surface area contributed by atoms with Gasteiger partial charge in [0.2, 0.25) is 0 Å². The summed E-state index contributed by atoms with van der Waals surface area (Å²) in [6.07, 6.45) is 7.62. The third-order valence-corrected chi connectivity index (χ3v) is 3.29. The number of nitrogens with two attached hydrogens (primary N) is 1. The summed E-state index contributed by atoms with van der Waals surface area (Å²) in [5, 5.41) is 0. The van der Waals surface area contributed by atoms with Gasteiger partial charge >= 0.3 is 0 Å². The van der Waals surface area contributed by atoms with Crippen LogP contribution in [0.15, 0.2) is 12.5 Å². The average molecular weight is 193 g/mol. The Kier molecular flexibility index (Phi) is 2.35. The van der Waals surface area contributed by atoms with E-state index >= 15 is 0 Å². The zero-order valence-corrected chi connectivity index (χ0v) is 9.03. The van der Waals surface area contributed by atoms with Gasteiger partial charge in [0.25, 0.3) is 0 Å². The van der Waals surface area contributed by atoms with Crippen LogP contribution in [0.3, 0.4) is 0 Å². The first kappa shape index (κ1) is 9.71. The lowest BCUT2D eigenvalue weighted by Gasteiger charge is -2.19. The predicted molar refractivity (Wildman–Crippen MR) is 56.8 cm³/mol. The second-order valence-corrected chi connectivity index (χ2v) is 5.06. The Balaban J connectivity index is 2.17. The molecule has 1 unspecified atom stereocenters. The molecule has 0 aliphatic heterocycles. The molecular weight excluding hydrogens is 174 g/mol. The molecule has 1 heterocycles. The first-order valence-electron chi connectivity index (χ1n) is 5.33. The Bertz CT molecular complexity index is 314. The van der Waals surface area contributed by atoms with Crippen LogP contribution < -0.4 is 5.73 Å². The summed E-state index contributed by atoms with van der Waals surface area (Å²) in [5.74, 6) is 0. The normalized spacial score (nSPS) is 25.5. The van der Waals surface area contributed by atoms with Crippen molar-refractivity contribution in [1.82, 2.24) is 9.55 Å². The van der Waals surface area contributed by atoms with E-state index in [0.717, 1.165) is 5.69 Å². The molecule has 1 fully saturated rings. The standard InChI is InChI=1S/C11H19N3/c1-11(2)4-3-9(5-11)14-8-13-7-10(14)6-12/h7-9H,3-6,12H2,1-2H3. The van der Waals surface area contributed by atoms with Crippen LogP contribution in [0.2, 0.25) is 0 Å². The summed E-state index contributed by atoms with van der Waals surface area (Å²) < 4.78 is 2.26. The first-order chi connectivity index (χ1) is 6.62. The fraction of sp³-hybridized carbons (Fsp3) is 0.727. The van der Waals surface area contributed by atoms with E-state index in [1.54, 1.807) is 0 Å². The van der Waals surface area contributed by atoms with E-state index in [0.29, 0.717) is 18.0 Å². The van der Waals surface area contributed by atoms with Gasteiger partial charge in [0.1, 0.15) is 0 Å². The van der Waals surface area contributed by atoms with Gasteiger partial charge in [-0.2, -0.15) is 0 Å². The van der Waals surface area contributed by atoms with Crippen molar-refractivity contribution >= 4 is 0 Å². The molecule has 1 aliphatic rings. The van der Waals surface area contributed by atoms with Crippen LogP contribution in [-0.2, 0) is 6.54 Å². The van der Waals surface area contributed by atoms with Gasteiger partial charge in [-0.15, -0.1) is 0 Å². The molecule has 1 aliphatic carbocycles. The van der Waals surface area contributed by atoms with Crippen LogP contribution in [0.4, 0.5) is 0 Å². The highest BCUT2D eigenvalue weighted by molar-refractivity contribution is 5.01. The second kappa shape index (κ2) is 3.39. The van der Waals surface area contributed by atoms with Crippen LogP contribution in [0.1, 0.15) is 44.8 Å². The van der Waals surface area contributed by atoms with Gasteiger partial charge in [-0.05, 0) is 24.7 Å². The van der Waals surface area contributed by atoms with Gasteiger partial charge in [0.05, 0.1) is 12.0 Å². The van der Waals surface area contributed by atoms with E-state index < -0.39 is 0 Å². The minimum Gasteiger partial charge on any atom is -0.330 e. The Morgan fingerprint density at radius 1 is 1.64 bits per heavy atom. The van der Waals surface area contributed by atoms with Crippen molar-refractivity contribution < 1.29 is 0 Å². The lowest BCUT2D eigenvalue weighted by Crippen LogP contribution is -2.12. The maximum Gasteiger partial charge on any atom is 0.0951 e. The van der Waals surface area contributed by atoms with E-state index in [-0.39, 0.29) is 0 Å². The molecule has 2 N–H and O–H groups in total. The van der Waals surface area contributed by atoms with Crippen molar-refractivity contribution in [3.05, 3.63) is 18.2 Å². The fourth-order valence-electron chi connectivity index (χ4n) is 2.46. The van der Waals surface area contributed by atoms with Crippen molar-refractivity contribution in [3.8, 4) is 0 Å². The quantitative estimate of drug-likeness (QED) is 0.781. The van der Waals surface area contributed by atoms with E-state index in [1.807, 2.05) is 12.5 Å². The molecule has 0 saturated heterocycles. The van der Waals surface area contributed by atoms with Crippen molar-refractivity contribution in [2.45, 2.75) is 45.7 Å². The molecule has 3 heteroatoms. The highest BCUT2D eigenvalue weighted by atomic mass is 15.1. The van der Waals surface area contributed by atoms with Crippen LogP contribution >= 0.6 is 0 Å². The summed E-state index contributed by atoms with van der Waals surface area (Å²) in [4.78, 5) is 4.17. The maximum absolute atomic E-state index is 5.67. The lowest BCUT2D eigenvalue weighted by molar-refractivity contribution is 0.356. The average Bonchev–Trinajstić information content (AvgIpc) is 2.70. The molecule has 0 radical (unpaired) electrons. The molecule has 1 saturated carbocycles. The number of nitrogens with zero attached hydrogens (tertiary/aromatic N) is 2. The topological polar surface area (TPSA) is 43.8 Å². The van der Waals surface area contributed by atoms with Gasteiger partial charge < -0.3 is 10.3 Å². The molecule has 0 bridgehead atoms. The Morgan fingerprint density at radius 3 is 3.00 bits per heavy atom. The van der Waals surface area contributed by atoms with Crippen LogP contribution in [0.25, 0.3) is 0 Å². The summed E-state index contributed by atoms with van der Waals surface area (Å²) in [6.45, 7) is 5.27. The zero-order valence-electron chi connectivity index (χ0n) is 9.03. The highest BCUT2D eigenvalue weighted by Gasteiger charge is 2.32. The van der Waals surface area contributed by atoms with Crippen LogP contribution in [-0.4, -0.2) is 9.55 Å². The van der Waals surface area contributed by atoms with Crippen LogP contribution in [0.5, 0.6) is 0 Å². The largest absolute Gasteiger partial charge is 0.330 e. The van der Waals surface area contributed by atoms with Crippen molar-refractivity contribution in [3.63, 3.8) is 0 Å². The Hall–Kier alpha value is -0.830. The highest BCUT2D eigenvalue weighted by Crippen LogP contribution is 2.43. The molecular formula is C11H19N3. The molecule has 1 atom stereocenters. The van der Waals surface area contributed by atoms with Gasteiger partial charge in [0, 0.05) is 18.8 Å². The minimum absolute atomic E-state index is 0.487. The third kappa shape index (κ3) is 1.69. The molecule has 1 aromatic heterocycles. The number of hydrogen-bond acceptors (Lipinski definition) is 2. The number of aromatic nitrogens is 2. The SMILES string of the molecule is CC1(C)CCC(n2cncc2CN)C1. The van der Waals surface area contributed by atoms with Gasteiger partial charge in [-0.1, -0.05) is 13.8 Å². The summed E-state index contributed by atoms with van der Waals surface area (Å²) >= 11 is 0. The van der Waals surface area contributed by atoms with E-state index in [4.69, 9.17) is 5.73 Å². The Morgan fingerprint density at radius 2 is 2.43 bits per heavy atom. The molecule has 1 aromatic rings. The van der Waals surface area contributed by atoms with Crippen molar-refractivity contribution in [2.75, 3.05) is 0 Å². The third-order valence-electron chi connectivity index (χ3n) is 3.29. The molecule has 2 rings (SSSR count). The summed E-state index contributed by atoms with van der Waals surface area (Å²) in [6, 6.07) is 0.617. The molecule has 0 aromatic carbocycles. The van der Waals surface area contributed by atoms with Crippen molar-refractivity contribution in [2.24, 2.45) is 11.1 Å². The summed E-state index contributed by atoms with van der Waals surface area (Å²) in [5.41, 5.74) is 7.32. The van der Waals surface area contributed by atoms with E-state index in [9.17, 15) is 0 Å². The van der Waals surface area contributed by atoms with E-state index in [1.165, 1.54) is 19.3 Å². The molecule has 3 nitrogen and oxygen atoms in total. The van der Waals surface area contributed by atoms with Gasteiger partial charge in [-0.3, -0.25) is 0 Å². The van der Waals surface area contributed by atoms with Crippen LogP contribution in [0, 0.1) is 5.41 Å². The first-order valence-corrected chi connectivity index (χ1v) is 5.33. The smallest absolute Gasteiger partial charge is 0.0951 e. The molecule has 0 amide bonds. The summed E-state index contributed by atoms with van der Waals surface area (Å²) in [7, 11) is 0. The van der Waals surface area contributed by atoms with Gasteiger partial charge in [0.15, 0.2) is 0 Å². The Labute approximate surface area is 85.3 Å².